The number of aliphatic carboxylic acids is 1. The summed E-state index contributed by atoms with van der Waals surface area (Å²) in [6, 6.07) is -1.52. The maximum atomic E-state index is 12.6. The van der Waals surface area contributed by atoms with Gasteiger partial charge in [0.05, 0.1) is 13.2 Å². The van der Waals surface area contributed by atoms with Gasteiger partial charge in [0.15, 0.2) is 6.10 Å². The van der Waals surface area contributed by atoms with E-state index >= 15 is 0 Å². The highest BCUT2D eigenvalue weighted by molar-refractivity contribution is 7.47. The number of hydrogen-bond acceptors (Lipinski definition) is 9. The Morgan fingerprint density at radius 2 is 0.862 bits per heavy atom. The van der Waals surface area contributed by atoms with Crippen LogP contribution in [0.15, 0.2) is 24.3 Å². The maximum Gasteiger partial charge on any atom is 0.472 e. The topological polar surface area (TPSA) is 172 Å². The maximum absolute atomic E-state index is 12.6. The Morgan fingerprint density at radius 3 is 1.26 bits per heavy atom. The van der Waals surface area contributed by atoms with Gasteiger partial charge < -0.3 is 25.2 Å². The van der Waals surface area contributed by atoms with Crippen molar-refractivity contribution in [2.45, 2.75) is 231 Å². The van der Waals surface area contributed by atoms with E-state index in [1.54, 1.807) is 0 Å². The molecule has 0 aromatic carbocycles. The van der Waals surface area contributed by atoms with Crippen LogP contribution in [0.4, 0.5) is 0 Å². The van der Waals surface area contributed by atoms with Gasteiger partial charge in [-0.3, -0.25) is 23.4 Å². The van der Waals surface area contributed by atoms with Crippen LogP contribution in [0.1, 0.15) is 219 Å². The van der Waals surface area contributed by atoms with E-state index in [-0.39, 0.29) is 19.4 Å². The van der Waals surface area contributed by atoms with Gasteiger partial charge >= 0.3 is 25.7 Å². The normalized spacial score (nSPS) is 13.9. The fraction of sp³-hybridized carbons (Fsp3) is 0.848. The van der Waals surface area contributed by atoms with Crippen LogP contribution in [0, 0.1) is 0 Å². The summed E-state index contributed by atoms with van der Waals surface area (Å²) in [5, 5.41) is 8.90. The summed E-state index contributed by atoms with van der Waals surface area (Å²) in [6.07, 6.45) is 43.8. The number of carbonyl (C=O) groups excluding carboxylic acids is 2. The van der Waals surface area contributed by atoms with Gasteiger partial charge in [-0.1, -0.05) is 167 Å². The van der Waals surface area contributed by atoms with Crippen LogP contribution in [0.3, 0.4) is 0 Å². The lowest BCUT2D eigenvalue weighted by Gasteiger charge is -2.20. The molecule has 0 bridgehead atoms. The van der Waals surface area contributed by atoms with Gasteiger partial charge in [0.2, 0.25) is 0 Å². The van der Waals surface area contributed by atoms with Crippen LogP contribution >= 0.6 is 7.82 Å². The van der Waals surface area contributed by atoms with E-state index in [2.05, 4.69) is 42.7 Å². The standard InChI is InChI=1S/C46H86NO10P/c1-3-5-7-9-11-13-15-17-19-20-21-22-24-25-27-29-31-33-35-37-44(48)54-39-42(40-55-58(52,53)56-41-43(47)46(50)51)57-45(49)38-36-34-32-30-28-26-23-18-16-14-12-10-8-6-4-2/h17-19,23,42-43H,3-16,20-22,24-41,47H2,1-2H3,(H,50,51)(H,52,53)/b19-17+,23-18+/t42-,43+/m1/s1. The third-order valence-corrected chi connectivity index (χ3v) is 11.1. The molecule has 0 aliphatic heterocycles. The minimum absolute atomic E-state index is 0.153. The molecule has 12 heteroatoms. The quantitative estimate of drug-likeness (QED) is 0.0231. The van der Waals surface area contributed by atoms with E-state index in [0.29, 0.717) is 12.8 Å². The molecule has 0 aliphatic carbocycles. The van der Waals surface area contributed by atoms with Crippen LogP contribution < -0.4 is 5.73 Å². The number of unbranched alkanes of at least 4 members (excludes halogenated alkanes) is 26. The highest BCUT2D eigenvalue weighted by Crippen LogP contribution is 2.43. The fourth-order valence-electron chi connectivity index (χ4n) is 6.47. The van der Waals surface area contributed by atoms with Gasteiger partial charge in [0.25, 0.3) is 0 Å². The van der Waals surface area contributed by atoms with Gasteiger partial charge in [-0.15, -0.1) is 0 Å². The summed E-state index contributed by atoms with van der Waals surface area (Å²) in [7, 11) is -4.72. The highest BCUT2D eigenvalue weighted by Gasteiger charge is 2.28. The van der Waals surface area contributed by atoms with Crippen molar-refractivity contribution in [3.05, 3.63) is 24.3 Å². The van der Waals surface area contributed by atoms with Crippen molar-refractivity contribution in [1.29, 1.82) is 0 Å². The number of allylic oxidation sites excluding steroid dienone is 4. The molecule has 3 atom stereocenters. The molecule has 0 saturated carbocycles. The smallest absolute Gasteiger partial charge is 0.472 e. The molecule has 0 amide bonds. The molecule has 11 nitrogen and oxygen atoms in total. The molecular formula is C46H86NO10P. The number of esters is 2. The first kappa shape index (κ1) is 56.0. The van der Waals surface area contributed by atoms with E-state index in [0.717, 1.165) is 57.8 Å². The van der Waals surface area contributed by atoms with Crippen LogP contribution in [-0.2, 0) is 37.5 Å². The molecule has 0 radical (unpaired) electrons. The zero-order valence-electron chi connectivity index (χ0n) is 36.9. The van der Waals surface area contributed by atoms with Gasteiger partial charge in [-0.25, -0.2) is 4.57 Å². The van der Waals surface area contributed by atoms with E-state index in [1.165, 1.54) is 122 Å². The molecule has 0 heterocycles. The zero-order chi connectivity index (χ0) is 42.8. The zero-order valence-corrected chi connectivity index (χ0v) is 37.8. The number of carbonyl (C=O) groups is 3. The SMILES string of the molecule is CCCCCCCC/C=C/CCCCCCCCCCCC(=O)OC[C@H](COP(=O)(O)OC[C@H](N)C(=O)O)OC(=O)CCCCCCC/C=C/CCCCCCCC. The Morgan fingerprint density at radius 1 is 0.517 bits per heavy atom. The number of nitrogens with two attached hydrogens (primary N) is 1. The van der Waals surface area contributed by atoms with Gasteiger partial charge in [-0.05, 0) is 64.2 Å². The third-order valence-electron chi connectivity index (χ3n) is 10.2. The molecule has 0 aliphatic rings. The first-order valence-electron chi connectivity index (χ1n) is 23.4. The minimum atomic E-state index is -4.72. The summed E-state index contributed by atoms with van der Waals surface area (Å²) in [6.45, 7) is 2.80. The monoisotopic (exact) mass is 844 g/mol. The Kier molecular flexibility index (Phi) is 40.2. The second-order valence-corrected chi connectivity index (χ2v) is 17.3. The summed E-state index contributed by atoms with van der Waals surface area (Å²) >= 11 is 0. The molecule has 0 saturated heterocycles. The summed E-state index contributed by atoms with van der Waals surface area (Å²) in [5.74, 6) is -2.38. The van der Waals surface area contributed by atoms with Crippen molar-refractivity contribution in [2.75, 3.05) is 19.8 Å². The lowest BCUT2D eigenvalue weighted by Crippen LogP contribution is -2.34. The van der Waals surface area contributed by atoms with Crippen molar-refractivity contribution < 1.29 is 47.5 Å². The Bertz CT molecular complexity index is 1080. The van der Waals surface area contributed by atoms with Crippen molar-refractivity contribution in [3.8, 4) is 0 Å². The number of phosphoric ester groups is 1. The van der Waals surface area contributed by atoms with E-state index in [1.807, 2.05) is 0 Å². The second kappa shape index (κ2) is 41.7. The lowest BCUT2D eigenvalue weighted by molar-refractivity contribution is -0.161. The Labute approximate surface area is 353 Å². The van der Waals surface area contributed by atoms with Gasteiger partial charge in [-0.2, -0.15) is 0 Å². The molecule has 0 aromatic heterocycles. The molecule has 340 valence electrons. The van der Waals surface area contributed by atoms with Crippen LogP contribution in [-0.4, -0.2) is 59.9 Å². The Balaban J connectivity index is 4.30. The number of ether oxygens (including phenoxy) is 2. The largest absolute Gasteiger partial charge is 0.480 e. The number of hydrogen-bond donors (Lipinski definition) is 3. The average Bonchev–Trinajstić information content (AvgIpc) is 3.20. The number of carboxylic acids is 1. The van der Waals surface area contributed by atoms with Crippen molar-refractivity contribution in [2.24, 2.45) is 5.73 Å². The van der Waals surface area contributed by atoms with E-state index in [9.17, 15) is 23.8 Å². The third kappa shape index (κ3) is 40.7. The molecule has 1 unspecified atom stereocenters. The molecular weight excluding hydrogens is 757 g/mol. The minimum Gasteiger partial charge on any atom is -0.480 e. The van der Waals surface area contributed by atoms with Crippen LogP contribution in [0.5, 0.6) is 0 Å². The number of phosphoric acid groups is 1. The van der Waals surface area contributed by atoms with E-state index in [4.69, 9.17) is 24.8 Å². The molecule has 58 heavy (non-hydrogen) atoms. The number of carboxylic acid groups (broad SMARTS) is 1. The predicted molar refractivity (Wildman–Crippen MR) is 236 cm³/mol. The van der Waals surface area contributed by atoms with Crippen LogP contribution in [0.2, 0.25) is 0 Å². The van der Waals surface area contributed by atoms with Gasteiger partial charge in [0.1, 0.15) is 12.6 Å². The lowest BCUT2D eigenvalue weighted by atomic mass is 10.1. The molecule has 0 fully saturated rings. The predicted octanol–water partition coefficient (Wildman–Crippen LogP) is 12.6. The summed E-state index contributed by atoms with van der Waals surface area (Å²) in [5.41, 5.74) is 5.34. The molecule has 0 aromatic rings. The summed E-state index contributed by atoms with van der Waals surface area (Å²) in [4.78, 5) is 46.0. The molecule has 0 spiro atoms. The van der Waals surface area contributed by atoms with Crippen molar-refractivity contribution >= 4 is 25.7 Å². The second-order valence-electron chi connectivity index (χ2n) is 15.9. The first-order valence-corrected chi connectivity index (χ1v) is 24.9. The van der Waals surface area contributed by atoms with Crippen molar-refractivity contribution in [3.63, 3.8) is 0 Å². The summed E-state index contributed by atoms with van der Waals surface area (Å²) < 4.78 is 32.7. The van der Waals surface area contributed by atoms with Crippen LogP contribution in [0.25, 0.3) is 0 Å². The molecule has 4 N–H and O–H groups in total. The van der Waals surface area contributed by atoms with Crippen molar-refractivity contribution in [1.82, 2.24) is 0 Å². The van der Waals surface area contributed by atoms with Gasteiger partial charge in [0, 0.05) is 12.8 Å². The molecule has 0 rings (SSSR count). The highest BCUT2D eigenvalue weighted by atomic mass is 31.2. The fourth-order valence-corrected chi connectivity index (χ4v) is 7.24. The average molecular weight is 844 g/mol. The first-order chi connectivity index (χ1) is 28.1. The van der Waals surface area contributed by atoms with E-state index < -0.39 is 51.1 Å². The Hall–Kier alpha value is -2.04. The number of rotatable bonds is 44.